The second kappa shape index (κ2) is 11.5. The van der Waals surface area contributed by atoms with Gasteiger partial charge < -0.3 is 26.5 Å². The van der Waals surface area contributed by atoms with Crippen molar-refractivity contribution in [2.45, 2.75) is 51.2 Å². The van der Waals surface area contributed by atoms with Crippen LogP contribution < -0.4 is 16.4 Å². The molecule has 1 aromatic heterocycles. The molecule has 8 nitrogen and oxygen atoms in total. The van der Waals surface area contributed by atoms with Crippen molar-refractivity contribution in [1.29, 1.82) is 0 Å². The van der Waals surface area contributed by atoms with Crippen LogP contribution in [0.5, 0.6) is 0 Å². The van der Waals surface area contributed by atoms with Crippen molar-refractivity contribution in [1.82, 2.24) is 15.6 Å². The number of nitrogens with two attached hydrogens (primary N) is 1. The lowest BCUT2D eigenvalue weighted by Crippen LogP contribution is -2.57. The molecule has 3 aromatic rings. The molecule has 0 saturated heterocycles. The van der Waals surface area contributed by atoms with Crippen LogP contribution in [0.4, 0.5) is 0 Å². The van der Waals surface area contributed by atoms with Crippen LogP contribution in [0, 0.1) is 5.92 Å². The number of hydrogen-bond acceptors (Lipinski definition) is 4. The van der Waals surface area contributed by atoms with E-state index in [2.05, 4.69) is 15.6 Å². The van der Waals surface area contributed by atoms with Gasteiger partial charge in [0, 0.05) is 23.5 Å². The first kappa shape index (κ1) is 25.0. The van der Waals surface area contributed by atoms with Gasteiger partial charge in [-0.1, -0.05) is 68.8 Å². The SMILES string of the molecule is CC[C@H](C)[C@H](NC(=O)[C@@H](N)Cc1ccccc1)C(=O)N[C@@H](Cc1c[nH]c2ccccc12)C(=O)O. The molecule has 0 unspecified atom stereocenters. The van der Waals surface area contributed by atoms with E-state index >= 15 is 0 Å². The summed E-state index contributed by atoms with van der Waals surface area (Å²) in [5, 5.41) is 16.0. The Morgan fingerprint density at radius 1 is 0.971 bits per heavy atom. The molecule has 0 fully saturated rings. The highest BCUT2D eigenvalue weighted by atomic mass is 16.4. The van der Waals surface area contributed by atoms with Crippen molar-refractivity contribution in [3.05, 3.63) is 71.9 Å². The van der Waals surface area contributed by atoms with Crippen LogP contribution in [0.3, 0.4) is 0 Å². The number of aromatic nitrogens is 1. The average molecular weight is 465 g/mol. The molecular formula is C26H32N4O4. The van der Waals surface area contributed by atoms with Gasteiger partial charge >= 0.3 is 5.97 Å². The quantitative estimate of drug-likeness (QED) is 0.297. The van der Waals surface area contributed by atoms with Gasteiger partial charge in [0.1, 0.15) is 12.1 Å². The van der Waals surface area contributed by atoms with Gasteiger partial charge in [-0.05, 0) is 29.5 Å². The number of H-pyrrole nitrogens is 1. The van der Waals surface area contributed by atoms with Gasteiger partial charge in [0.2, 0.25) is 11.8 Å². The van der Waals surface area contributed by atoms with Crippen LogP contribution in [-0.2, 0) is 27.2 Å². The molecule has 0 saturated carbocycles. The van der Waals surface area contributed by atoms with E-state index in [-0.39, 0.29) is 12.3 Å². The second-order valence-corrected chi connectivity index (χ2v) is 8.63. The Bertz CT molecular complexity index is 1130. The van der Waals surface area contributed by atoms with Crippen LogP contribution >= 0.6 is 0 Å². The molecule has 1 heterocycles. The number of carbonyl (C=O) groups is 3. The highest BCUT2D eigenvalue weighted by Gasteiger charge is 2.31. The molecule has 3 rings (SSSR count). The summed E-state index contributed by atoms with van der Waals surface area (Å²) in [6, 6.07) is 14.1. The molecule has 0 spiro atoms. The fourth-order valence-electron chi connectivity index (χ4n) is 3.90. The first-order valence-electron chi connectivity index (χ1n) is 11.5. The van der Waals surface area contributed by atoms with Crippen LogP contribution in [-0.4, -0.2) is 46.0 Å². The number of nitrogens with one attached hydrogen (secondary N) is 3. The molecule has 0 aliphatic carbocycles. The monoisotopic (exact) mass is 464 g/mol. The lowest BCUT2D eigenvalue weighted by molar-refractivity contribution is -0.142. The number of fused-ring (bicyclic) bond motifs is 1. The fourth-order valence-corrected chi connectivity index (χ4v) is 3.90. The highest BCUT2D eigenvalue weighted by Crippen LogP contribution is 2.19. The van der Waals surface area contributed by atoms with Crippen LogP contribution in [0.2, 0.25) is 0 Å². The van der Waals surface area contributed by atoms with Gasteiger partial charge in [0.25, 0.3) is 0 Å². The summed E-state index contributed by atoms with van der Waals surface area (Å²) in [6.45, 7) is 3.74. The number of rotatable bonds is 11. The molecule has 2 aromatic carbocycles. The summed E-state index contributed by atoms with van der Waals surface area (Å²) in [5.41, 5.74) is 8.69. The number of benzene rings is 2. The van der Waals surface area contributed by atoms with Crippen molar-refractivity contribution in [3.63, 3.8) is 0 Å². The van der Waals surface area contributed by atoms with Gasteiger partial charge in [-0.15, -0.1) is 0 Å². The predicted octanol–water partition coefficient (Wildman–Crippen LogP) is 2.38. The van der Waals surface area contributed by atoms with Gasteiger partial charge in [-0.25, -0.2) is 4.79 Å². The van der Waals surface area contributed by atoms with Crippen molar-refractivity contribution in [2.75, 3.05) is 0 Å². The normalized spacial score (nSPS) is 14.7. The van der Waals surface area contributed by atoms with Gasteiger partial charge in [0.15, 0.2) is 0 Å². The van der Waals surface area contributed by atoms with Gasteiger partial charge in [-0.3, -0.25) is 9.59 Å². The standard InChI is InChI=1S/C26H32N4O4/c1-3-16(2)23(30-24(31)20(27)13-17-9-5-4-6-10-17)25(32)29-22(26(33)34)14-18-15-28-21-12-8-7-11-19(18)21/h4-12,15-16,20,22-23,28H,3,13-14,27H2,1-2H3,(H,29,32)(H,30,31)(H,33,34)/t16-,20-,22-,23-/m0/s1. The van der Waals surface area contributed by atoms with E-state index in [0.29, 0.717) is 12.8 Å². The number of carboxylic acids is 1. The zero-order chi connectivity index (χ0) is 24.7. The number of amides is 2. The molecular weight excluding hydrogens is 432 g/mol. The molecule has 4 atom stereocenters. The maximum absolute atomic E-state index is 13.1. The van der Waals surface area contributed by atoms with E-state index in [0.717, 1.165) is 22.0 Å². The number of carbonyl (C=O) groups excluding carboxylic acids is 2. The predicted molar refractivity (Wildman–Crippen MR) is 131 cm³/mol. The van der Waals surface area contributed by atoms with Gasteiger partial charge in [0.05, 0.1) is 6.04 Å². The van der Waals surface area contributed by atoms with Gasteiger partial charge in [-0.2, -0.15) is 0 Å². The Kier molecular flexibility index (Phi) is 8.43. The third-order valence-electron chi connectivity index (χ3n) is 6.14. The second-order valence-electron chi connectivity index (χ2n) is 8.63. The molecule has 8 heteroatoms. The first-order valence-corrected chi connectivity index (χ1v) is 11.5. The number of carboxylic acid groups (broad SMARTS) is 1. The molecule has 34 heavy (non-hydrogen) atoms. The minimum absolute atomic E-state index is 0.111. The summed E-state index contributed by atoms with van der Waals surface area (Å²) in [4.78, 5) is 41.0. The third-order valence-corrected chi connectivity index (χ3v) is 6.14. The topological polar surface area (TPSA) is 137 Å². The van der Waals surface area contributed by atoms with E-state index in [1.165, 1.54) is 0 Å². The zero-order valence-corrected chi connectivity index (χ0v) is 19.5. The number of aliphatic carboxylic acids is 1. The molecule has 2 amide bonds. The highest BCUT2D eigenvalue weighted by molar-refractivity contribution is 5.92. The maximum Gasteiger partial charge on any atom is 0.326 e. The molecule has 6 N–H and O–H groups in total. The molecule has 0 bridgehead atoms. The summed E-state index contributed by atoms with van der Waals surface area (Å²) in [7, 11) is 0. The van der Waals surface area contributed by atoms with E-state index in [1.54, 1.807) is 6.20 Å². The lowest BCUT2D eigenvalue weighted by Gasteiger charge is -2.26. The van der Waals surface area contributed by atoms with Crippen molar-refractivity contribution < 1.29 is 19.5 Å². The van der Waals surface area contributed by atoms with E-state index in [4.69, 9.17) is 5.73 Å². The van der Waals surface area contributed by atoms with Crippen LogP contribution in [0.1, 0.15) is 31.4 Å². The molecule has 0 radical (unpaired) electrons. The van der Waals surface area contributed by atoms with Crippen molar-refractivity contribution in [2.24, 2.45) is 11.7 Å². The largest absolute Gasteiger partial charge is 0.480 e. The lowest BCUT2D eigenvalue weighted by atomic mass is 9.96. The van der Waals surface area contributed by atoms with Crippen molar-refractivity contribution in [3.8, 4) is 0 Å². The van der Waals surface area contributed by atoms with E-state index in [9.17, 15) is 19.5 Å². The summed E-state index contributed by atoms with van der Waals surface area (Å²) >= 11 is 0. The maximum atomic E-state index is 13.1. The van der Waals surface area contributed by atoms with Crippen molar-refractivity contribution >= 4 is 28.7 Å². The summed E-state index contributed by atoms with van der Waals surface area (Å²) < 4.78 is 0. The zero-order valence-electron chi connectivity index (χ0n) is 19.5. The Morgan fingerprint density at radius 3 is 2.32 bits per heavy atom. The molecule has 0 aliphatic heterocycles. The van der Waals surface area contributed by atoms with E-state index < -0.39 is 35.9 Å². The Balaban J connectivity index is 1.70. The molecule has 180 valence electrons. The Morgan fingerprint density at radius 2 is 1.65 bits per heavy atom. The minimum Gasteiger partial charge on any atom is -0.480 e. The van der Waals surface area contributed by atoms with E-state index in [1.807, 2.05) is 68.4 Å². The first-order chi connectivity index (χ1) is 16.3. The minimum atomic E-state index is -1.15. The Labute approximate surface area is 198 Å². The molecule has 0 aliphatic rings. The number of para-hydroxylation sites is 1. The summed E-state index contributed by atoms with van der Waals surface area (Å²) in [5.74, 6) is -2.35. The summed E-state index contributed by atoms with van der Waals surface area (Å²) in [6.07, 6.45) is 2.81. The number of hydrogen-bond donors (Lipinski definition) is 5. The van der Waals surface area contributed by atoms with Crippen LogP contribution in [0.15, 0.2) is 60.8 Å². The average Bonchev–Trinajstić information content (AvgIpc) is 3.24. The fraction of sp³-hybridized carbons (Fsp3) is 0.346. The number of aromatic amines is 1. The van der Waals surface area contributed by atoms with Crippen LogP contribution in [0.25, 0.3) is 10.9 Å². The smallest absolute Gasteiger partial charge is 0.326 e. The third kappa shape index (κ3) is 6.23. The Hall–Kier alpha value is -3.65.